The molecule has 0 aromatic carbocycles. The zero-order valence-electron chi connectivity index (χ0n) is 14.5. The highest BCUT2D eigenvalue weighted by Crippen LogP contribution is 2.17. The molecule has 8 nitrogen and oxygen atoms in total. The molecule has 1 fully saturated rings. The summed E-state index contributed by atoms with van der Waals surface area (Å²) in [6, 6.07) is 3.23. The molecule has 2 amide bonds. The van der Waals surface area contributed by atoms with Crippen LogP contribution in [0.5, 0.6) is 0 Å². The molecule has 0 atom stereocenters. The van der Waals surface area contributed by atoms with Crippen LogP contribution in [0.1, 0.15) is 48.3 Å². The SMILES string of the molecule is O=C(Cn1cccc(C(=O)NC2CCCCC2)c1=O)NCc1ncc[nH]1. The van der Waals surface area contributed by atoms with Crippen LogP contribution in [0.15, 0.2) is 35.5 Å². The number of carbonyl (C=O) groups excluding carboxylic acids is 2. The van der Waals surface area contributed by atoms with Crippen molar-refractivity contribution >= 4 is 11.8 Å². The fourth-order valence-electron chi connectivity index (χ4n) is 3.13. The number of hydrogen-bond acceptors (Lipinski definition) is 4. The van der Waals surface area contributed by atoms with Gasteiger partial charge in [0.15, 0.2) is 0 Å². The van der Waals surface area contributed by atoms with E-state index in [4.69, 9.17) is 0 Å². The minimum atomic E-state index is -0.464. The monoisotopic (exact) mass is 357 g/mol. The number of nitrogens with one attached hydrogen (secondary N) is 3. The summed E-state index contributed by atoms with van der Waals surface area (Å²) >= 11 is 0. The van der Waals surface area contributed by atoms with E-state index in [-0.39, 0.29) is 36.5 Å². The zero-order chi connectivity index (χ0) is 18.4. The van der Waals surface area contributed by atoms with E-state index in [0.29, 0.717) is 5.82 Å². The maximum Gasteiger partial charge on any atom is 0.263 e. The van der Waals surface area contributed by atoms with E-state index in [9.17, 15) is 14.4 Å². The second-order valence-corrected chi connectivity index (χ2v) is 6.48. The molecule has 8 heteroatoms. The molecule has 0 aliphatic heterocycles. The van der Waals surface area contributed by atoms with Crippen LogP contribution in [0.4, 0.5) is 0 Å². The average molecular weight is 357 g/mol. The molecule has 2 aromatic heterocycles. The Hall–Kier alpha value is -2.90. The topological polar surface area (TPSA) is 109 Å². The Kier molecular flexibility index (Phi) is 5.83. The van der Waals surface area contributed by atoms with Gasteiger partial charge in [-0.3, -0.25) is 14.4 Å². The molecule has 1 saturated carbocycles. The Morgan fingerprint density at radius 2 is 2.08 bits per heavy atom. The number of nitrogens with zero attached hydrogens (tertiary/aromatic N) is 2. The van der Waals surface area contributed by atoms with Gasteiger partial charge in [-0.15, -0.1) is 0 Å². The van der Waals surface area contributed by atoms with Crippen LogP contribution in [0.3, 0.4) is 0 Å². The third-order valence-electron chi connectivity index (χ3n) is 4.53. The van der Waals surface area contributed by atoms with Crippen LogP contribution >= 0.6 is 0 Å². The summed E-state index contributed by atoms with van der Waals surface area (Å²) in [5, 5.41) is 5.62. The molecule has 1 aliphatic rings. The molecule has 3 N–H and O–H groups in total. The van der Waals surface area contributed by atoms with E-state index in [2.05, 4.69) is 20.6 Å². The largest absolute Gasteiger partial charge is 0.349 e. The van der Waals surface area contributed by atoms with Crippen LogP contribution in [0, 0.1) is 0 Å². The Morgan fingerprint density at radius 1 is 1.27 bits per heavy atom. The van der Waals surface area contributed by atoms with Gasteiger partial charge in [0.25, 0.3) is 11.5 Å². The van der Waals surface area contributed by atoms with E-state index in [1.807, 2.05) is 0 Å². The molecule has 138 valence electrons. The number of hydrogen-bond donors (Lipinski definition) is 3. The fourth-order valence-corrected chi connectivity index (χ4v) is 3.13. The lowest BCUT2D eigenvalue weighted by atomic mass is 9.95. The smallest absolute Gasteiger partial charge is 0.263 e. The Labute approximate surface area is 151 Å². The minimum absolute atomic E-state index is 0.0666. The minimum Gasteiger partial charge on any atom is -0.349 e. The molecule has 0 radical (unpaired) electrons. The molecule has 0 bridgehead atoms. The number of aromatic amines is 1. The molecule has 1 aliphatic carbocycles. The van der Waals surface area contributed by atoms with Gasteiger partial charge in [-0.05, 0) is 25.0 Å². The summed E-state index contributed by atoms with van der Waals surface area (Å²) < 4.78 is 1.24. The summed E-state index contributed by atoms with van der Waals surface area (Å²) in [6.45, 7) is 0.104. The molecule has 2 heterocycles. The number of aromatic nitrogens is 3. The zero-order valence-corrected chi connectivity index (χ0v) is 14.5. The predicted octanol–water partition coefficient (Wildman–Crippen LogP) is 0.950. The summed E-state index contributed by atoms with van der Waals surface area (Å²) in [4.78, 5) is 43.9. The van der Waals surface area contributed by atoms with Gasteiger partial charge in [0.2, 0.25) is 5.91 Å². The number of carbonyl (C=O) groups is 2. The van der Waals surface area contributed by atoms with Crippen molar-refractivity contribution in [3.05, 3.63) is 52.5 Å². The second kappa shape index (κ2) is 8.46. The first-order chi connectivity index (χ1) is 12.6. The average Bonchev–Trinajstić information content (AvgIpc) is 3.16. The van der Waals surface area contributed by atoms with Crippen molar-refractivity contribution in [2.24, 2.45) is 0 Å². The van der Waals surface area contributed by atoms with Gasteiger partial charge in [0.05, 0.1) is 6.54 Å². The molecular formula is C18H23N5O3. The number of imidazole rings is 1. The lowest BCUT2D eigenvalue weighted by molar-refractivity contribution is -0.121. The van der Waals surface area contributed by atoms with Crippen molar-refractivity contribution in [3.8, 4) is 0 Å². The maximum atomic E-state index is 12.5. The Morgan fingerprint density at radius 3 is 2.81 bits per heavy atom. The third kappa shape index (κ3) is 4.59. The molecule has 2 aromatic rings. The number of H-pyrrole nitrogens is 1. The van der Waals surface area contributed by atoms with Crippen molar-refractivity contribution in [3.63, 3.8) is 0 Å². The van der Waals surface area contributed by atoms with Gasteiger partial charge in [0.1, 0.15) is 17.9 Å². The lowest BCUT2D eigenvalue weighted by Gasteiger charge is -2.22. The van der Waals surface area contributed by atoms with E-state index in [0.717, 1.165) is 25.7 Å². The first kappa shape index (κ1) is 17.9. The quantitative estimate of drug-likeness (QED) is 0.715. The van der Waals surface area contributed by atoms with Crippen LogP contribution in [-0.4, -0.2) is 32.4 Å². The van der Waals surface area contributed by atoms with Crippen molar-refractivity contribution in [1.82, 2.24) is 25.2 Å². The van der Waals surface area contributed by atoms with Crippen LogP contribution < -0.4 is 16.2 Å². The summed E-state index contributed by atoms with van der Waals surface area (Å²) in [7, 11) is 0. The van der Waals surface area contributed by atoms with Gasteiger partial charge < -0.3 is 20.2 Å². The maximum absolute atomic E-state index is 12.5. The number of pyridine rings is 1. The van der Waals surface area contributed by atoms with Gasteiger partial charge in [-0.25, -0.2) is 4.98 Å². The summed E-state index contributed by atoms with van der Waals surface area (Å²) in [6.07, 6.45) is 10.0. The molecular weight excluding hydrogens is 334 g/mol. The molecule has 3 rings (SSSR count). The molecule has 0 unspecified atom stereocenters. The highest BCUT2D eigenvalue weighted by Gasteiger charge is 2.19. The van der Waals surface area contributed by atoms with E-state index in [1.54, 1.807) is 18.5 Å². The van der Waals surface area contributed by atoms with Gasteiger partial charge in [-0.1, -0.05) is 19.3 Å². The first-order valence-corrected chi connectivity index (χ1v) is 8.89. The standard InChI is InChI=1S/C18H23N5O3/c24-16(21-11-15-19-8-9-20-15)12-23-10-4-7-14(18(23)26)17(25)22-13-5-2-1-3-6-13/h4,7-10,13H,1-3,5-6,11-12H2,(H,19,20)(H,21,24)(H,22,25). The normalized spacial score (nSPS) is 14.8. The highest BCUT2D eigenvalue weighted by atomic mass is 16.2. The lowest BCUT2D eigenvalue weighted by Crippen LogP contribution is -2.40. The van der Waals surface area contributed by atoms with E-state index < -0.39 is 5.56 Å². The summed E-state index contributed by atoms with van der Waals surface area (Å²) in [5.41, 5.74) is -0.397. The van der Waals surface area contributed by atoms with Gasteiger partial charge in [-0.2, -0.15) is 0 Å². The van der Waals surface area contributed by atoms with Crippen LogP contribution in [0.2, 0.25) is 0 Å². The Bertz CT molecular complexity index is 806. The van der Waals surface area contributed by atoms with Gasteiger partial charge in [0, 0.05) is 24.6 Å². The Balaban J connectivity index is 1.61. The molecule has 0 spiro atoms. The van der Waals surface area contributed by atoms with Crippen LogP contribution in [0.25, 0.3) is 0 Å². The first-order valence-electron chi connectivity index (χ1n) is 8.89. The van der Waals surface area contributed by atoms with Gasteiger partial charge >= 0.3 is 0 Å². The fraction of sp³-hybridized carbons (Fsp3) is 0.444. The van der Waals surface area contributed by atoms with E-state index >= 15 is 0 Å². The number of amides is 2. The van der Waals surface area contributed by atoms with Crippen molar-refractivity contribution in [1.29, 1.82) is 0 Å². The van der Waals surface area contributed by atoms with E-state index in [1.165, 1.54) is 23.3 Å². The molecule has 26 heavy (non-hydrogen) atoms. The predicted molar refractivity (Wildman–Crippen MR) is 95.5 cm³/mol. The number of rotatable bonds is 6. The van der Waals surface area contributed by atoms with Crippen molar-refractivity contribution in [2.45, 2.75) is 51.2 Å². The second-order valence-electron chi connectivity index (χ2n) is 6.48. The third-order valence-corrected chi connectivity index (χ3v) is 4.53. The molecule has 0 saturated heterocycles. The summed E-state index contributed by atoms with van der Waals surface area (Å²) in [5.74, 6) is -0.0631. The van der Waals surface area contributed by atoms with Crippen LogP contribution in [-0.2, 0) is 17.9 Å². The van der Waals surface area contributed by atoms with Crippen molar-refractivity contribution in [2.75, 3.05) is 0 Å². The van der Waals surface area contributed by atoms with Crippen molar-refractivity contribution < 1.29 is 9.59 Å². The highest BCUT2D eigenvalue weighted by molar-refractivity contribution is 5.94.